The van der Waals surface area contributed by atoms with Gasteiger partial charge in [-0.1, -0.05) is 124 Å². The first-order valence-electron chi connectivity index (χ1n) is 17.0. The van der Waals surface area contributed by atoms with Crippen molar-refractivity contribution in [2.24, 2.45) is 11.8 Å². The summed E-state index contributed by atoms with van der Waals surface area (Å²) in [4.78, 5) is 28.6. The molecule has 1 saturated heterocycles. The van der Waals surface area contributed by atoms with Gasteiger partial charge >= 0.3 is 0 Å². The largest absolute Gasteiger partial charge is 0.356 e. The Labute approximate surface area is 265 Å². The van der Waals surface area contributed by atoms with Gasteiger partial charge in [0.15, 0.2) is 0 Å². The van der Waals surface area contributed by atoms with E-state index in [0.717, 1.165) is 55.0 Å². The SMILES string of the molecule is CCC(CC)CN1CCCC(CNC(=O)CCCCCNC(=O)CC(c2ccccc2)(c2ccccc2)c2ccccc2)C1. The van der Waals surface area contributed by atoms with Crippen molar-refractivity contribution in [1.29, 1.82) is 0 Å². The van der Waals surface area contributed by atoms with Crippen molar-refractivity contribution < 1.29 is 9.59 Å². The smallest absolute Gasteiger partial charge is 0.221 e. The molecule has 1 heterocycles. The second-order valence-electron chi connectivity index (χ2n) is 12.6. The number of carbonyl (C=O) groups excluding carboxylic acids is 2. The number of hydrogen-bond acceptors (Lipinski definition) is 3. The van der Waals surface area contributed by atoms with Crippen LogP contribution in [0.15, 0.2) is 91.0 Å². The fraction of sp³-hybridized carbons (Fsp3) is 0.487. The molecule has 1 atom stereocenters. The van der Waals surface area contributed by atoms with Gasteiger partial charge in [0.2, 0.25) is 11.8 Å². The molecule has 0 bridgehead atoms. The van der Waals surface area contributed by atoms with Crippen LogP contribution >= 0.6 is 0 Å². The summed E-state index contributed by atoms with van der Waals surface area (Å²) in [7, 11) is 0. The minimum atomic E-state index is -0.588. The van der Waals surface area contributed by atoms with Gasteiger partial charge in [0.05, 0.1) is 5.41 Å². The lowest BCUT2D eigenvalue weighted by molar-refractivity contribution is -0.122. The topological polar surface area (TPSA) is 61.4 Å². The van der Waals surface area contributed by atoms with Crippen molar-refractivity contribution in [2.45, 2.75) is 77.0 Å². The van der Waals surface area contributed by atoms with E-state index in [9.17, 15) is 9.59 Å². The van der Waals surface area contributed by atoms with Gasteiger partial charge in [-0.25, -0.2) is 0 Å². The van der Waals surface area contributed by atoms with Crippen LogP contribution in [0, 0.1) is 11.8 Å². The first-order valence-corrected chi connectivity index (χ1v) is 17.0. The molecule has 1 fully saturated rings. The van der Waals surface area contributed by atoms with Crippen LogP contribution < -0.4 is 10.6 Å². The average Bonchev–Trinajstić information content (AvgIpc) is 3.08. The number of nitrogens with zero attached hydrogens (tertiary/aromatic N) is 1. The average molecular weight is 596 g/mol. The van der Waals surface area contributed by atoms with Crippen molar-refractivity contribution in [2.75, 3.05) is 32.7 Å². The van der Waals surface area contributed by atoms with Crippen molar-refractivity contribution in [3.8, 4) is 0 Å². The maximum atomic E-state index is 13.5. The molecule has 44 heavy (non-hydrogen) atoms. The molecule has 1 unspecified atom stereocenters. The number of piperidine rings is 1. The number of amides is 2. The number of benzene rings is 3. The van der Waals surface area contributed by atoms with Gasteiger partial charge in [0.25, 0.3) is 0 Å². The van der Waals surface area contributed by atoms with Gasteiger partial charge in [-0.2, -0.15) is 0 Å². The highest BCUT2D eigenvalue weighted by Crippen LogP contribution is 2.42. The summed E-state index contributed by atoms with van der Waals surface area (Å²) in [6.07, 6.45) is 8.43. The number of unbranched alkanes of at least 4 members (excludes halogenated alkanes) is 2. The van der Waals surface area contributed by atoms with Gasteiger partial charge in [-0.15, -0.1) is 0 Å². The van der Waals surface area contributed by atoms with E-state index in [0.29, 0.717) is 25.3 Å². The van der Waals surface area contributed by atoms with E-state index in [4.69, 9.17) is 0 Å². The minimum Gasteiger partial charge on any atom is -0.356 e. The van der Waals surface area contributed by atoms with Crippen molar-refractivity contribution >= 4 is 11.8 Å². The van der Waals surface area contributed by atoms with Crippen LogP contribution in [0.2, 0.25) is 0 Å². The Morgan fingerprint density at radius 3 is 1.89 bits per heavy atom. The van der Waals surface area contributed by atoms with Gasteiger partial charge in [0.1, 0.15) is 0 Å². The Kier molecular flexibility index (Phi) is 13.5. The van der Waals surface area contributed by atoms with Crippen LogP contribution in [0.5, 0.6) is 0 Å². The van der Waals surface area contributed by atoms with Crippen LogP contribution in [0.3, 0.4) is 0 Å². The van der Waals surface area contributed by atoms with Gasteiger partial charge in [-0.3, -0.25) is 9.59 Å². The highest BCUT2D eigenvalue weighted by molar-refractivity contribution is 5.80. The van der Waals surface area contributed by atoms with Crippen LogP contribution in [-0.2, 0) is 15.0 Å². The Bertz CT molecular complexity index is 1150. The highest BCUT2D eigenvalue weighted by Gasteiger charge is 2.38. The Morgan fingerprint density at radius 1 is 0.773 bits per heavy atom. The predicted octanol–water partition coefficient (Wildman–Crippen LogP) is 7.35. The zero-order chi connectivity index (χ0) is 31.0. The molecule has 0 saturated carbocycles. The standard InChI is InChI=1S/C39H53N3O2/c1-3-32(4-2)30-42-27-17-18-33(31-42)29-41-37(43)25-15-8-16-26-40-38(44)28-39(34-19-9-5-10-20-34,35-21-11-6-12-22-35)36-23-13-7-14-24-36/h5-7,9-14,19-24,32-33H,3-4,8,15-18,25-31H2,1-2H3,(H,40,44)(H,41,43). The number of hydrogen-bond donors (Lipinski definition) is 2. The summed E-state index contributed by atoms with van der Waals surface area (Å²) < 4.78 is 0. The molecule has 1 aliphatic rings. The van der Waals surface area contributed by atoms with E-state index in [-0.39, 0.29) is 11.8 Å². The molecule has 3 aromatic carbocycles. The van der Waals surface area contributed by atoms with E-state index in [1.54, 1.807) is 0 Å². The minimum absolute atomic E-state index is 0.0324. The molecule has 236 valence electrons. The first-order chi connectivity index (χ1) is 21.5. The molecule has 0 aromatic heterocycles. The maximum absolute atomic E-state index is 13.5. The van der Waals surface area contributed by atoms with E-state index in [2.05, 4.69) is 65.8 Å². The van der Waals surface area contributed by atoms with E-state index in [1.807, 2.05) is 54.6 Å². The quantitative estimate of drug-likeness (QED) is 0.127. The normalized spacial score (nSPS) is 15.7. The van der Waals surface area contributed by atoms with Crippen molar-refractivity contribution in [1.82, 2.24) is 15.5 Å². The molecule has 0 aliphatic carbocycles. The van der Waals surface area contributed by atoms with Crippen LogP contribution in [-0.4, -0.2) is 49.4 Å². The molecule has 0 spiro atoms. The fourth-order valence-electron chi connectivity index (χ4n) is 6.83. The van der Waals surface area contributed by atoms with Crippen molar-refractivity contribution in [3.05, 3.63) is 108 Å². The molecule has 2 N–H and O–H groups in total. The lowest BCUT2D eigenvalue weighted by Crippen LogP contribution is -2.42. The molecular formula is C39H53N3O2. The highest BCUT2D eigenvalue weighted by atomic mass is 16.2. The summed E-state index contributed by atoms with van der Waals surface area (Å²) in [6.45, 7) is 9.49. The third kappa shape index (κ3) is 9.53. The summed E-state index contributed by atoms with van der Waals surface area (Å²) in [5, 5.41) is 6.39. The molecule has 0 radical (unpaired) electrons. The second-order valence-corrected chi connectivity index (χ2v) is 12.6. The third-order valence-corrected chi connectivity index (χ3v) is 9.49. The summed E-state index contributed by atoms with van der Waals surface area (Å²) in [6, 6.07) is 31.1. The van der Waals surface area contributed by atoms with Crippen LogP contribution in [0.25, 0.3) is 0 Å². The molecule has 2 amide bonds. The first kappa shape index (κ1) is 33.5. The van der Waals surface area contributed by atoms with Crippen LogP contribution in [0.1, 0.15) is 88.3 Å². The zero-order valence-electron chi connectivity index (χ0n) is 27.0. The third-order valence-electron chi connectivity index (χ3n) is 9.49. The van der Waals surface area contributed by atoms with Gasteiger partial charge < -0.3 is 15.5 Å². The van der Waals surface area contributed by atoms with E-state index < -0.39 is 5.41 Å². The number of carbonyl (C=O) groups is 2. The van der Waals surface area contributed by atoms with Crippen molar-refractivity contribution in [3.63, 3.8) is 0 Å². The maximum Gasteiger partial charge on any atom is 0.221 e. The number of likely N-dealkylation sites (tertiary alicyclic amines) is 1. The number of nitrogens with one attached hydrogen (secondary N) is 2. The molecule has 3 aromatic rings. The monoisotopic (exact) mass is 595 g/mol. The Morgan fingerprint density at radius 2 is 1.34 bits per heavy atom. The Hall–Kier alpha value is -3.44. The predicted molar refractivity (Wildman–Crippen MR) is 182 cm³/mol. The summed E-state index contributed by atoms with van der Waals surface area (Å²) in [5.41, 5.74) is 2.72. The van der Waals surface area contributed by atoms with Crippen LogP contribution in [0.4, 0.5) is 0 Å². The lowest BCUT2D eigenvalue weighted by atomic mass is 9.67. The lowest BCUT2D eigenvalue weighted by Gasteiger charge is -2.35. The molecular weight excluding hydrogens is 542 g/mol. The molecule has 1 aliphatic heterocycles. The Balaban J connectivity index is 1.22. The number of rotatable bonds is 17. The molecule has 4 rings (SSSR count). The second kappa shape index (κ2) is 17.8. The summed E-state index contributed by atoms with van der Waals surface area (Å²) in [5.74, 6) is 1.54. The van der Waals surface area contributed by atoms with E-state index in [1.165, 1.54) is 38.8 Å². The summed E-state index contributed by atoms with van der Waals surface area (Å²) >= 11 is 0. The zero-order valence-corrected chi connectivity index (χ0v) is 27.0. The van der Waals surface area contributed by atoms with Gasteiger partial charge in [-0.05, 0) is 60.8 Å². The fourth-order valence-corrected chi connectivity index (χ4v) is 6.83. The van der Waals surface area contributed by atoms with Gasteiger partial charge in [0, 0.05) is 39.0 Å². The molecule has 5 nitrogen and oxygen atoms in total. The van der Waals surface area contributed by atoms with E-state index >= 15 is 0 Å². The molecule has 5 heteroatoms.